The first-order valence-electron chi connectivity index (χ1n) is 9.41. The second-order valence-electron chi connectivity index (χ2n) is 6.75. The van der Waals surface area contributed by atoms with Gasteiger partial charge in [-0.2, -0.15) is 0 Å². The lowest BCUT2D eigenvalue weighted by Crippen LogP contribution is -2.27. The van der Waals surface area contributed by atoms with E-state index in [0.29, 0.717) is 31.2 Å². The van der Waals surface area contributed by atoms with Crippen molar-refractivity contribution in [2.75, 3.05) is 4.90 Å². The van der Waals surface area contributed by atoms with Gasteiger partial charge in [-0.05, 0) is 35.9 Å². The topological polar surface area (TPSA) is 72.7 Å². The zero-order valence-corrected chi connectivity index (χ0v) is 18.8. The summed E-state index contributed by atoms with van der Waals surface area (Å²) < 4.78 is 6.25. The van der Waals surface area contributed by atoms with Gasteiger partial charge in [-0.3, -0.25) is 19.8 Å². The molecular formula is C23H15ClN2O4S2. The van der Waals surface area contributed by atoms with Crippen molar-refractivity contribution in [2.45, 2.75) is 6.61 Å². The van der Waals surface area contributed by atoms with Crippen LogP contribution >= 0.6 is 35.6 Å². The molecule has 1 amide bonds. The first-order valence-corrected chi connectivity index (χ1v) is 11.0. The quantitative estimate of drug-likeness (QED) is 0.179. The second kappa shape index (κ2) is 9.52. The standard InChI is InChI=1S/C23H15ClN2O4S2/c24-17-7-4-8-18(13-17)25-22(27)21(32-23(25)31)12-16-11-19(26(28)29)9-10-20(16)30-14-15-5-2-1-3-6-15/h1-13H,14H2. The Morgan fingerprint density at radius 1 is 1.09 bits per heavy atom. The number of benzene rings is 3. The van der Waals surface area contributed by atoms with Crippen LogP contribution in [0.1, 0.15) is 11.1 Å². The highest BCUT2D eigenvalue weighted by Gasteiger charge is 2.33. The summed E-state index contributed by atoms with van der Waals surface area (Å²) in [5.41, 5.74) is 1.82. The fourth-order valence-corrected chi connectivity index (χ4v) is 4.55. The maximum atomic E-state index is 13.1. The van der Waals surface area contributed by atoms with Crippen molar-refractivity contribution in [3.63, 3.8) is 0 Å². The van der Waals surface area contributed by atoms with Crippen molar-refractivity contribution < 1.29 is 14.5 Å². The Balaban J connectivity index is 1.67. The highest BCUT2D eigenvalue weighted by atomic mass is 35.5. The summed E-state index contributed by atoms with van der Waals surface area (Å²) in [7, 11) is 0. The molecule has 0 saturated carbocycles. The molecule has 6 nitrogen and oxygen atoms in total. The molecule has 4 rings (SSSR count). The van der Waals surface area contributed by atoms with E-state index in [2.05, 4.69) is 0 Å². The van der Waals surface area contributed by atoms with Crippen LogP contribution < -0.4 is 9.64 Å². The molecule has 32 heavy (non-hydrogen) atoms. The third-order valence-electron chi connectivity index (χ3n) is 4.59. The molecule has 0 atom stereocenters. The van der Waals surface area contributed by atoms with Crippen molar-refractivity contribution in [1.29, 1.82) is 0 Å². The number of nitro groups is 1. The van der Waals surface area contributed by atoms with Crippen LogP contribution in [0.15, 0.2) is 77.7 Å². The Hall–Kier alpha value is -3.20. The Labute approximate surface area is 198 Å². The number of anilines is 1. The smallest absolute Gasteiger partial charge is 0.270 e. The zero-order valence-electron chi connectivity index (χ0n) is 16.4. The number of amides is 1. The number of rotatable bonds is 6. The van der Waals surface area contributed by atoms with E-state index in [1.54, 1.807) is 30.3 Å². The van der Waals surface area contributed by atoms with Gasteiger partial charge in [-0.25, -0.2) is 0 Å². The first kappa shape index (κ1) is 22.0. The van der Waals surface area contributed by atoms with Crippen LogP contribution in [0.25, 0.3) is 6.08 Å². The van der Waals surface area contributed by atoms with Crippen LogP contribution in [0, 0.1) is 10.1 Å². The molecule has 1 aliphatic rings. The predicted octanol–water partition coefficient (Wildman–Crippen LogP) is 6.23. The molecule has 0 N–H and O–H groups in total. The van der Waals surface area contributed by atoms with Gasteiger partial charge in [0, 0.05) is 22.7 Å². The SMILES string of the molecule is O=C1C(=Cc2cc([N+](=O)[O-])ccc2OCc2ccccc2)SC(=S)N1c1cccc(Cl)c1. The highest BCUT2D eigenvalue weighted by molar-refractivity contribution is 8.27. The van der Waals surface area contributed by atoms with Gasteiger partial charge in [0.1, 0.15) is 12.4 Å². The van der Waals surface area contributed by atoms with E-state index >= 15 is 0 Å². The molecule has 1 aliphatic heterocycles. The lowest BCUT2D eigenvalue weighted by molar-refractivity contribution is -0.384. The van der Waals surface area contributed by atoms with Crippen molar-refractivity contribution >= 4 is 63.3 Å². The number of thiocarbonyl (C=S) groups is 1. The van der Waals surface area contributed by atoms with Gasteiger partial charge in [-0.15, -0.1) is 0 Å². The summed E-state index contributed by atoms with van der Waals surface area (Å²) in [6, 6.07) is 20.6. The Kier molecular flexibility index (Phi) is 6.55. The van der Waals surface area contributed by atoms with E-state index in [1.807, 2.05) is 30.3 Å². The molecule has 1 fully saturated rings. The van der Waals surface area contributed by atoms with E-state index in [0.717, 1.165) is 17.3 Å². The van der Waals surface area contributed by atoms with E-state index in [9.17, 15) is 14.9 Å². The first-order chi connectivity index (χ1) is 15.4. The summed E-state index contributed by atoms with van der Waals surface area (Å²) in [5.74, 6) is 0.0928. The molecule has 0 unspecified atom stereocenters. The minimum Gasteiger partial charge on any atom is -0.488 e. The maximum absolute atomic E-state index is 13.1. The molecule has 1 saturated heterocycles. The number of hydrogen-bond acceptors (Lipinski definition) is 6. The van der Waals surface area contributed by atoms with Gasteiger partial charge in [0.15, 0.2) is 4.32 Å². The molecule has 1 heterocycles. The minimum absolute atomic E-state index is 0.103. The van der Waals surface area contributed by atoms with Crippen LogP contribution in [0.5, 0.6) is 5.75 Å². The number of thioether (sulfide) groups is 1. The molecule has 160 valence electrons. The van der Waals surface area contributed by atoms with Crippen molar-refractivity contribution in [3.8, 4) is 5.75 Å². The number of carbonyl (C=O) groups excluding carboxylic acids is 1. The molecule has 9 heteroatoms. The number of ether oxygens (including phenoxy) is 1. The number of non-ortho nitro benzene ring substituents is 1. The van der Waals surface area contributed by atoms with Crippen molar-refractivity contribution in [2.24, 2.45) is 0 Å². The summed E-state index contributed by atoms with van der Waals surface area (Å²) >= 11 is 12.6. The lowest BCUT2D eigenvalue weighted by atomic mass is 10.1. The predicted molar refractivity (Wildman–Crippen MR) is 131 cm³/mol. The summed E-state index contributed by atoms with van der Waals surface area (Å²) in [4.78, 5) is 25.6. The van der Waals surface area contributed by atoms with E-state index in [1.165, 1.54) is 23.1 Å². The van der Waals surface area contributed by atoms with Gasteiger partial charge in [0.05, 0.1) is 15.5 Å². The molecule has 3 aromatic carbocycles. The van der Waals surface area contributed by atoms with Crippen LogP contribution in [-0.2, 0) is 11.4 Å². The zero-order chi connectivity index (χ0) is 22.7. The van der Waals surface area contributed by atoms with Gasteiger partial charge < -0.3 is 4.74 Å². The number of nitro benzene ring substituents is 1. The van der Waals surface area contributed by atoms with E-state index in [-0.39, 0.29) is 18.2 Å². The summed E-state index contributed by atoms with van der Waals surface area (Å²) in [5, 5.41) is 11.8. The minimum atomic E-state index is -0.491. The average molecular weight is 483 g/mol. The number of halogens is 1. The summed E-state index contributed by atoms with van der Waals surface area (Å²) in [6.07, 6.45) is 1.57. The molecule has 0 aliphatic carbocycles. The number of nitrogens with zero attached hydrogens (tertiary/aromatic N) is 2. The fourth-order valence-electron chi connectivity index (χ4n) is 3.08. The molecule has 0 aromatic heterocycles. The molecular weight excluding hydrogens is 468 g/mol. The van der Waals surface area contributed by atoms with E-state index < -0.39 is 4.92 Å². The lowest BCUT2D eigenvalue weighted by Gasteiger charge is -2.14. The highest BCUT2D eigenvalue weighted by Crippen LogP contribution is 2.38. The third kappa shape index (κ3) is 4.83. The van der Waals surface area contributed by atoms with Gasteiger partial charge in [-0.1, -0.05) is 72.0 Å². The van der Waals surface area contributed by atoms with Crippen LogP contribution in [0.4, 0.5) is 11.4 Å². The summed E-state index contributed by atoms with van der Waals surface area (Å²) in [6.45, 7) is 0.281. The van der Waals surface area contributed by atoms with Crippen LogP contribution in [0.3, 0.4) is 0 Å². The Morgan fingerprint density at radius 2 is 1.88 bits per heavy atom. The van der Waals surface area contributed by atoms with Gasteiger partial charge in [0.2, 0.25) is 0 Å². The largest absolute Gasteiger partial charge is 0.488 e. The van der Waals surface area contributed by atoms with Crippen molar-refractivity contribution in [3.05, 3.63) is 104 Å². The second-order valence-corrected chi connectivity index (χ2v) is 8.86. The molecule has 0 spiro atoms. The third-order valence-corrected chi connectivity index (χ3v) is 6.13. The normalized spacial score (nSPS) is 14.8. The molecule has 3 aromatic rings. The van der Waals surface area contributed by atoms with Gasteiger partial charge in [0.25, 0.3) is 11.6 Å². The van der Waals surface area contributed by atoms with Crippen molar-refractivity contribution in [1.82, 2.24) is 0 Å². The number of hydrogen-bond donors (Lipinski definition) is 0. The Bertz CT molecular complexity index is 1250. The monoisotopic (exact) mass is 482 g/mol. The number of carbonyl (C=O) groups is 1. The average Bonchev–Trinajstić information content (AvgIpc) is 3.06. The molecule has 0 bridgehead atoms. The molecule has 0 radical (unpaired) electrons. The Morgan fingerprint density at radius 3 is 2.59 bits per heavy atom. The van der Waals surface area contributed by atoms with Gasteiger partial charge >= 0.3 is 0 Å². The fraction of sp³-hybridized carbons (Fsp3) is 0.0435. The van der Waals surface area contributed by atoms with Crippen LogP contribution in [-0.4, -0.2) is 15.2 Å². The maximum Gasteiger partial charge on any atom is 0.270 e. The van der Waals surface area contributed by atoms with E-state index in [4.69, 9.17) is 28.6 Å². The van der Waals surface area contributed by atoms with Crippen LogP contribution in [0.2, 0.25) is 5.02 Å².